The van der Waals surface area contributed by atoms with E-state index in [-0.39, 0.29) is 13.0 Å². The highest BCUT2D eigenvalue weighted by atomic mass is 16.5. The monoisotopic (exact) mass is 271 g/mol. The van der Waals surface area contributed by atoms with Crippen LogP contribution < -0.4 is 5.32 Å². The third-order valence-corrected chi connectivity index (χ3v) is 3.53. The summed E-state index contributed by atoms with van der Waals surface area (Å²) in [4.78, 5) is 34.5. The zero-order valence-electron chi connectivity index (χ0n) is 11.4. The maximum Gasteiger partial charge on any atom is 0.328 e. The van der Waals surface area contributed by atoms with Crippen LogP contribution in [0.4, 0.5) is 0 Å². The molecule has 0 aliphatic heterocycles. The van der Waals surface area contributed by atoms with Crippen LogP contribution in [0.5, 0.6) is 0 Å². The lowest BCUT2D eigenvalue weighted by atomic mass is 9.82. The van der Waals surface area contributed by atoms with E-state index in [4.69, 9.17) is 4.74 Å². The highest BCUT2D eigenvalue weighted by Crippen LogP contribution is 2.41. The minimum atomic E-state index is -0.960. The second-order valence-electron chi connectivity index (χ2n) is 5.01. The van der Waals surface area contributed by atoms with Crippen molar-refractivity contribution in [3.63, 3.8) is 0 Å². The molecule has 0 spiro atoms. The molecule has 0 aromatic heterocycles. The predicted molar refractivity (Wildman–Crippen MR) is 67.4 cm³/mol. The molecule has 108 valence electrons. The molecule has 0 heterocycles. The zero-order chi connectivity index (χ0) is 14.5. The summed E-state index contributed by atoms with van der Waals surface area (Å²) < 4.78 is 4.78. The molecule has 0 saturated heterocycles. The Bertz CT molecular complexity index is 360. The van der Waals surface area contributed by atoms with Crippen LogP contribution in [0.3, 0.4) is 0 Å². The van der Waals surface area contributed by atoms with Gasteiger partial charge in [0.2, 0.25) is 5.91 Å². The molecule has 1 atom stereocenters. The lowest BCUT2D eigenvalue weighted by Gasteiger charge is -2.23. The Morgan fingerprint density at radius 1 is 1.32 bits per heavy atom. The van der Waals surface area contributed by atoms with Gasteiger partial charge in [0.1, 0.15) is 6.04 Å². The van der Waals surface area contributed by atoms with Crippen LogP contribution in [-0.2, 0) is 19.1 Å². The van der Waals surface area contributed by atoms with Gasteiger partial charge in [-0.1, -0.05) is 12.8 Å². The van der Waals surface area contributed by atoms with E-state index in [0.717, 1.165) is 12.8 Å². The lowest BCUT2D eigenvalue weighted by Crippen LogP contribution is -2.43. The summed E-state index contributed by atoms with van der Waals surface area (Å²) in [6, 6.07) is -0.750. The van der Waals surface area contributed by atoms with Crippen molar-refractivity contribution in [2.24, 2.45) is 5.41 Å². The number of ether oxygens (including phenoxy) is 1. The van der Waals surface area contributed by atoms with Gasteiger partial charge in [-0.25, -0.2) is 4.79 Å². The highest BCUT2D eigenvalue weighted by molar-refractivity contribution is 5.88. The fourth-order valence-electron chi connectivity index (χ4n) is 2.44. The summed E-state index contributed by atoms with van der Waals surface area (Å²) in [6.07, 6.45) is 2.61. The van der Waals surface area contributed by atoms with Gasteiger partial charge < -0.3 is 15.2 Å². The summed E-state index contributed by atoms with van der Waals surface area (Å²) in [7, 11) is 0. The Morgan fingerprint density at radius 3 is 2.37 bits per heavy atom. The molecule has 1 aliphatic rings. The summed E-state index contributed by atoms with van der Waals surface area (Å²) >= 11 is 0. The molecule has 0 bridgehead atoms. The molecule has 6 heteroatoms. The Morgan fingerprint density at radius 2 is 1.89 bits per heavy atom. The Kier molecular flexibility index (Phi) is 5.32. The van der Waals surface area contributed by atoms with E-state index >= 15 is 0 Å². The Labute approximate surface area is 112 Å². The second-order valence-corrected chi connectivity index (χ2v) is 5.01. The van der Waals surface area contributed by atoms with Crippen molar-refractivity contribution >= 4 is 17.8 Å². The molecule has 0 radical (unpaired) electrons. The average molecular weight is 271 g/mol. The summed E-state index contributed by atoms with van der Waals surface area (Å²) in [5.74, 6) is -1.85. The van der Waals surface area contributed by atoms with E-state index in [9.17, 15) is 19.5 Å². The van der Waals surface area contributed by atoms with E-state index in [2.05, 4.69) is 5.32 Å². The summed E-state index contributed by atoms with van der Waals surface area (Å²) in [5.41, 5.74) is -0.960. The largest absolute Gasteiger partial charge is 0.481 e. The highest BCUT2D eigenvalue weighted by Gasteiger charge is 2.43. The topological polar surface area (TPSA) is 92.7 Å². The van der Waals surface area contributed by atoms with Gasteiger partial charge in [0.15, 0.2) is 0 Å². The Balaban J connectivity index is 2.54. The number of amides is 1. The smallest absolute Gasteiger partial charge is 0.328 e. The minimum absolute atomic E-state index is 0.0773. The molecule has 6 nitrogen and oxygen atoms in total. The van der Waals surface area contributed by atoms with Crippen molar-refractivity contribution in [3.05, 3.63) is 0 Å². The molecule has 1 aliphatic carbocycles. The fourth-order valence-corrected chi connectivity index (χ4v) is 2.44. The number of carbonyl (C=O) groups is 3. The van der Waals surface area contributed by atoms with E-state index in [1.165, 1.54) is 6.92 Å². The number of hydrogen-bond donors (Lipinski definition) is 2. The average Bonchev–Trinajstić information content (AvgIpc) is 2.78. The van der Waals surface area contributed by atoms with Gasteiger partial charge in [0.25, 0.3) is 0 Å². The first-order chi connectivity index (χ1) is 8.91. The van der Waals surface area contributed by atoms with Gasteiger partial charge >= 0.3 is 11.9 Å². The van der Waals surface area contributed by atoms with Gasteiger partial charge in [0, 0.05) is 6.42 Å². The fraction of sp³-hybridized carbons (Fsp3) is 0.769. The van der Waals surface area contributed by atoms with Crippen molar-refractivity contribution in [3.8, 4) is 0 Å². The number of hydrogen-bond acceptors (Lipinski definition) is 4. The molecular weight excluding hydrogens is 250 g/mol. The van der Waals surface area contributed by atoms with Crippen LogP contribution in [0.1, 0.15) is 46.0 Å². The molecule has 1 rings (SSSR count). The van der Waals surface area contributed by atoms with Crippen molar-refractivity contribution in [1.29, 1.82) is 0 Å². The van der Waals surface area contributed by atoms with Crippen LogP contribution in [-0.4, -0.2) is 35.6 Å². The SMILES string of the molecule is CCOC(=O)C(C)NC(=O)CC1(C(=O)O)CCCC1. The molecule has 0 aromatic carbocycles. The number of rotatable bonds is 6. The molecule has 1 amide bonds. The molecule has 2 N–H and O–H groups in total. The molecule has 0 aromatic rings. The molecule has 1 saturated carbocycles. The van der Waals surface area contributed by atoms with E-state index in [0.29, 0.717) is 12.8 Å². The number of carbonyl (C=O) groups excluding carboxylic acids is 2. The molecule has 1 fully saturated rings. The maximum absolute atomic E-state index is 11.8. The molecule has 1 unspecified atom stereocenters. The van der Waals surface area contributed by atoms with Crippen LogP contribution in [0.2, 0.25) is 0 Å². The predicted octanol–water partition coefficient (Wildman–Crippen LogP) is 1.09. The number of nitrogens with one attached hydrogen (secondary N) is 1. The minimum Gasteiger partial charge on any atom is -0.481 e. The summed E-state index contributed by atoms with van der Waals surface area (Å²) in [6.45, 7) is 3.46. The van der Waals surface area contributed by atoms with Gasteiger partial charge in [-0.3, -0.25) is 9.59 Å². The first-order valence-corrected chi connectivity index (χ1v) is 6.60. The van der Waals surface area contributed by atoms with Crippen molar-refractivity contribution in [2.75, 3.05) is 6.61 Å². The normalized spacial score (nSPS) is 18.6. The van der Waals surface area contributed by atoms with Gasteiger partial charge in [0.05, 0.1) is 12.0 Å². The zero-order valence-corrected chi connectivity index (χ0v) is 11.4. The summed E-state index contributed by atoms with van der Waals surface area (Å²) in [5, 5.41) is 11.8. The number of aliphatic carboxylic acids is 1. The number of carboxylic acid groups (broad SMARTS) is 1. The van der Waals surface area contributed by atoms with Gasteiger partial charge in [-0.15, -0.1) is 0 Å². The van der Waals surface area contributed by atoms with Gasteiger partial charge in [-0.2, -0.15) is 0 Å². The van der Waals surface area contributed by atoms with Crippen LogP contribution in [0.15, 0.2) is 0 Å². The van der Waals surface area contributed by atoms with Crippen molar-refractivity contribution < 1.29 is 24.2 Å². The van der Waals surface area contributed by atoms with E-state index in [1.54, 1.807) is 6.92 Å². The van der Waals surface area contributed by atoms with Crippen LogP contribution in [0, 0.1) is 5.41 Å². The lowest BCUT2D eigenvalue weighted by molar-refractivity contribution is -0.152. The second kappa shape index (κ2) is 6.54. The van der Waals surface area contributed by atoms with E-state index < -0.39 is 29.3 Å². The standard InChI is InChI=1S/C13H21NO5/c1-3-19-11(16)9(2)14-10(15)8-13(12(17)18)6-4-5-7-13/h9H,3-8H2,1-2H3,(H,14,15)(H,17,18). The third kappa shape index (κ3) is 3.94. The third-order valence-electron chi connectivity index (χ3n) is 3.53. The van der Waals surface area contributed by atoms with Gasteiger partial charge in [-0.05, 0) is 26.7 Å². The molecule has 19 heavy (non-hydrogen) atoms. The van der Waals surface area contributed by atoms with Crippen molar-refractivity contribution in [2.45, 2.75) is 52.0 Å². The quantitative estimate of drug-likeness (QED) is 0.705. The van der Waals surface area contributed by atoms with Crippen LogP contribution in [0.25, 0.3) is 0 Å². The Hall–Kier alpha value is -1.59. The van der Waals surface area contributed by atoms with Crippen molar-refractivity contribution in [1.82, 2.24) is 5.32 Å². The van der Waals surface area contributed by atoms with E-state index in [1.807, 2.05) is 0 Å². The number of esters is 1. The first kappa shape index (κ1) is 15.5. The maximum atomic E-state index is 11.8. The first-order valence-electron chi connectivity index (χ1n) is 6.60. The molecular formula is C13H21NO5. The number of carboxylic acids is 1. The van der Waals surface area contributed by atoms with Crippen LogP contribution >= 0.6 is 0 Å².